The fourth-order valence-corrected chi connectivity index (χ4v) is 3.41. The van der Waals surface area contributed by atoms with Crippen molar-refractivity contribution in [2.24, 2.45) is 22.7 Å². The highest BCUT2D eigenvalue weighted by Gasteiger charge is 2.87. The first kappa shape index (κ1) is 3.60. The summed E-state index contributed by atoms with van der Waals surface area (Å²) >= 11 is 0. The van der Waals surface area contributed by atoms with E-state index >= 15 is 0 Å². The van der Waals surface area contributed by atoms with Crippen LogP contribution in [0.25, 0.3) is 0 Å². The van der Waals surface area contributed by atoms with Crippen molar-refractivity contribution in [3.63, 3.8) is 0 Å². The third kappa shape index (κ3) is 0.152. The summed E-state index contributed by atoms with van der Waals surface area (Å²) in [4.78, 5) is 0. The van der Waals surface area contributed by atoms with Gasteiger partial charge in [0.15, 0.2) is 0 Å². The molecule has 0 heterocycles. The van der Waals surface area contributed by atoms with E-state index in [1.165, 1.54) is 6.42 Å². The van der Waals surface area contributed by atoms with Crippen LogP contribution < -0.4 is 0 Å². The van der Waals surface area contributed by atoms with Crippen LogP contribution in [0.15, 0.2) is 24.3 Å². The van der Waals surface area contributed by atoms with Gasteiger partial charge in [0.1, 0.15) is 0 Å². The zero-order chi connectivity index (χ0) is 5.69. The van der Waals surface area contributed by atoms with Gasteiger partial charge in [0.25, 0.3) is 0 Å². The van der Waals surface area contributed by atoms with Crippen LogP contribution in [0.4, 0.5) is 0 Å². The Bertz CT molecular complexity index is 250. The maximum Gasteiger partial charge on any atom is 0.0136 e. The van der Waals surface area contributed by atoms with Crippen molar-refractivity contribution < 1.29 is 0 Å². The molecule has 0 aromatic rings. The second-order valence-corrected chi connectivity index (χ2v) is 4.03. The number of rotatable bonds is 0. The van der Waals surface area contributed by atoms with Gasteiger partial charge >= 0.3 is 0 Å². The minimum absolute atomic E-state index is 0.627. The molecule has 2 saturated carbocycles. The smallest absolute Gasteiger partial charge is 0.0136 e. The van der Waals surface area contributed by atoms with E-state index in [4.69, 9.17) is 0 Å². The van der Waals surface area contributed by atoms with Gasteiger partial charge in [-0.25, -0.2) is 0 Å². The molecule has 44 valence electrons. The fraction of sp³-hybridized carbons (Fsp3) is 0.556. The normalized spacial score (nSPS) is 76.4. The SMILES string of the molecule is C1=CC23C=CC4C1C42C3. The van der Waals surface area contributed by atoms with Crippen LogP contribution >= 0.6 is 0 Å². The summed E-state index contributed by atoms with van der Waals surface area (Å²) in [5, 5.41) is 0. The third-order valence-corrected chi connectivity index (χ3v) is 4.00. The van der Waals surface area contributed by atoms with Crippen molar-refractivity contribution in [3.8, 4) is 0 Å². The molecule has 0 nitrogen and oxygen atoms in total. The summed E-state index contributed by atoms with van der Waals surface area (Å²) in [6, 6.07) is 0. The summed E-state index contributed by atoms with van der Waals surface area (Å²) in [5.41, 5.74) is 1.44. The molecule has 2 atom stereocenters. The molecule has 0 heteroatoms. The molecular formula is C9H8. The minimum atomic E-state index is 0.627. The van der Waals surface area contributed by atoms with Crippen LogP contribution in [0.3, 0.4) is 0 Å². The topological polar surface area (TPSA) is 0 Å². The second-order valence-electron chi connectivity index (χ2n) is 4.03. The number of fused-ring (bicyclic) bond motifs is 1. The van der Waals surface area contributed by atoms with E-state index in [1.807, 2.05) is 0 Å². The van der Waals surface area contributed by atoms with Crippen LogP contribution in [-0.4, -0.2) is 0 Å². The Morgan fingerprint density at radius 2 is 1.78 bits per heavy atom. The first-order valence-corrected chi connectivity index (χ1v) is 3.78. The molecule has 0 saturated heterocycles. The molecule has 4 rings (SSSR count). The van der Waals surface area contributed by atoms with Crippen LogP contribution in [0.2, 0.25) is 0 Å². The molecule has 0 amide bonds. The highest BCUT2D eigenvalue weighted by atomic mass is 14.9. The van der Waals surface area contributed by atoms with E-state index in [9.17, 15) is 0 Å². The number of hydrogen-bond acceptors (Lipinski definition) is 0. The van der Waals surface area contributed by atoms with Gasteiger partial charge in [0.05, 0.1) is 0 Å². The quantitative estimate of drug-likeness (QED) is 0.423. The molecule has 4 aliphatic rings. The van der Waals surface area contributed by atoms with Crippen LogP contribution in [0.5, 0.6) is 0 Å². The molecular weight excluding hydrogens is 108 g/mol. The predicted molar refractivity (Wildman–Crippen MR) is 34.7 cm³/mol. The van der Waals surface area contributed by atoms with Gasteiger partial charge in [0, 0.05) is 5.41 Å². The van der Waals surface area contributed by atoms with E-state index in [0.29, 0.717) is 5.41 Å². The molecule has 1 spiro atoms. The summed E-state index contributed by atoms with van der Waals surface area (Å²) in [5.74, 6) is 1.98. The number of allylic oxidation sites excluding steroid dienone is 4. The molecule has 0 bridgehead atoms. The van der Waals surface area contributed by atoms with Gasteiger partial charge in [-0.05, 0) is 23.7 Å². The maximum atomic E-state index is 2.44. The average molecular weight is 116 g/mol. The Hall–Kier alpha value is -0.520. The van der Waals surface area contributed by atoms with E-state index in [-0.39, 0.29) is 0 Å². The third-order valence-electron chi connectivity index (χ3n) is 4.00. The van der Waals surface area contributed by atoms with Crippen LogP contribution in [0, 0.1) is 22.7 Å². The van der Waals surface area contributed by atoms with E-state index in [1.54, 1.807) is 0 Å². The van der Waals surface area contributed by atoms with Gasteiger partial charge in [-0.15, -0.1) is 0 Å². The van der Waals surface area contributed by atoms with Gasteiger partial charge in [-0.3, -0.25) is 0 Å². The van der Waals surface area contributed by atoms with Crippen molar-refractivity contribution >= 4 is 0 Å². The van der Waals surface area contributed by atoms with Gasteiger partial charge < -0.3 is 0 Å². The molecule has 0 radical (unpaired) electrons. The van der Waals surface area contributed by atoms with Crippen molar-refractivity contribution in [3.05, 3.63) is 24.3 Å². The average Bonchev–Trinajstić information content (AvgIpc) is 2.67. The van der Waals surface area contributed by atoms with E-state index < -0.39 is 0 Å². The zero-order valence-electron chi connectivity index (χ0n) is 5.17. The summed E-state index contributed by atoms with van der Waals surface area (Å²) in [6.45, 7) is 0. The number of hydrogen-bond donors (Lipinski definition) is 0. The Morgan fingerprint density at radius 3 is 2.11 bits per heavy atom. The maximum absolute atomic E-state index is 2.44. The summed E-state index contributed by atoms with van der Waals surface area (Å²) < 4.78 is 0. The second kappa shape index (κ2) is 0.622. The Labute approximate surface area is 54.3 Å². The van der Waals surface area contributed by atoms with Crippen molar-refractivity contribution in [1.82, 2.24) is 0 Å². The van der Waals surface area contributed by atoms with Crippen LogP contribution in [0.1, 0.15) is 6.42 Å². The molecule has 2 unspecified atom stereocenters. The molecule has 0 aromatic carbocycles. The van der Waals surface area contributed by atoms with E-state index in [0.717, 1.165) is 17.3 Å². The van der Waals surface area contributed by atoms with Crippen molar-refractivity contribution in [1.29, 1.82) is 0 Å². The standard InChI is InChI=1S/C9H8/c1-3-8-4-2-7-6(1)9(7,8)5-8/h1-4,6-7H,5H2. The Morgan fingerprint density at radius 1 is 1.11 bits per heavy atom. The minimum Gasteiger partial charge on any atom is -0.0833 e. The molecule has 0 aliphatic heterocycles. The van der Waals surface area contributed by atoms with Crippen LogP contribution in [-0.2, 0) is 0 Å². The largest absolute Gasteiger partial charge is 0.0833 e. The molecule has 0 aromatic heterocycles. The van der Waals surface area contributed by atoms with Gasteiger partial charge in [0.2, 0.25) is 0 Å². The lowest BCUT2D eigenvalue weighted by atomic mass is 10.1. The van der Waals surface area contributed by atoms with Crippen molar-refractivity contribution in [2.45, 2.75) is 6.42 Å². The fourth-order valence-electron chi connectivity index (χ4n) is 3.41. The molecule has 4 aliphatic carbocycles. The summed E-state index contributed by atoms with van der Waals surface area (Å²) in [7, 11) is 0. The lowest BCUT2D eigenvalue weighted by Crippen LogP contribution is -1.87. The summed E-state index contributed by atoms with van der Waals surface area (Å²) in [6.07, 6.45) is 11.2. The first-order valence-electron chi connectivity index (χ1n) is 3.78. The molecule has 0 N–H and O–H groups in total. The lowest BCUT2D eigenvalue weighted by Gasteiger charge is -1.94. The van der Waals surface area contributed by atoms with E-state index in [2.05, 4.69) is 24.3 Å². The predicted octanol–water partition coefficient (Wildman–Crippen LogP) is 1.75. The molecule has 9 heavy (non-hydrogen) atoms. The molecule has 2 fully saturated rings. The highest BCUT2D eigenvalue weighted by molar-refractivity contribution is 5.56. The zero-order valence-corrected chi connectivity index (χ0v) is 5.17. The highest BCUT2D eigenvalue weighted by Crippen LogP contribution is 2.92. The van der Waals surface area contributed by atoms with Gasteiger partial charge in [-0.1, -0.05) is 24.3 Å². The monoisotopic (exact) mass is 116 g/mol. The van der Waals surface area contributed by atoms with Gasteiger partial charge in [-0.2, -0.15) is 0 Å². The lowest BCUT2D eigenvalue weighted by molar-refractivity contribution is 0.704. The van der Waals surface area contributed by atoms with Crippen molar-refractivity contribution in [2.75, 3.05) is 0 Å². The Balaban J connectivity index is 2.21. The Kier molecular flexibility index (Phi) is 0.249. The first-order chi connectivity index (χ1) is 4.39.